The first-order valence-electron chi connectivity index (χ1n) is 14.9. The van der Waals surface area contributed by atoms with Gasteiger partial charge in [-0.1, -0.05) is 54.1 Å². The van der Waals surface area contributed by atoms with E-state index < -0.39 is 45.2 Å². The zero-order valence-corrected chi connectivity index (χ0v) is 25.3. The number of piperidine rings is 1. The molecule has 0 aromatic heterocycles. The highest BCUT2D eigenvalue weighted by atomic mass is 35.5. The van der Waals surface area contributed by atoms with Gasteiger partial charge >= 0.3 is 0 Å². The molecule has 3 saturated heterocycles. The molecule has 3 heterocycles. The van der Waals surface area contributed by atoms with E-state index in [4.69, 9.17) is 23.2 Å². The Balaban J connectivity index is 1.19. The van der Waals surface area contributed by atoms with E-state index in [1.807, 2.05) is 24.3 Å². The van der Waals surface area contributed by atoms with Crippen LogP contribution in [0.5, 0.6) is 5.75 Å². The van der Waals surface area contributed by atoms with E-state index in [1.54, 1.807) is 12.1 Å². The van der Waals surface area contributed by atoms with Crippen molar-refractivity contribution in [1.82, 2.24) is 14.7 Å². The van der Waals surface area contributed by atoms with Crippen LogP contribution in [-0.4, -0.2) is 79.4 Å². The Hall–Kier alpha value is -3.20. The number of fused-ring (bicyclic) bond motifs is 4. The van der Waals surface area contributed by atoms with E-state index in [9.17, 15) is 24.3 Å². The molecule has 3 aliphatic heterocycles. The third-order valence-electron chi connectivity index (χ3n) is 10.4. The average Bonchev–Trinajstić information content (AvgIpc) is 3.33. The predicted molar refractivity (Wildman–Crippen MR) is 160 cm³/mol. The monoisotopic (exact) mass is 621 g/mol. The number of benzene rings is 2. The van der Waals surface area contributed by atoms with Crippen molar-refractivity contribution in [1.29, 1.82) is 0 Å². The van der Waals surface area contributed by atoms with E-state index in [1.165, 1.54) is 29.6 Å². The molecule has 224 valence electrons. The van der Waals surface area contributed by atoms with E-state index in [0.29, 0.717) is 24.8 Å². The third kappa shape index (κ3) is 4.06. The van der Waals surface area contributed by atoms with Gasteiger partial charge in [0.1, 0.15) is 5.75 Å². The van der Waals surface area contributed by atoms with Crippen LogP contribution in [0.25, 0.3) is 0 Å². The predicted octanol–water partition coefficient (Wildman–Crippen LogP) is 4.05. The van der Waals surface area contributed by atoms with Crippen molar-refractivity contribution in [3.8, 4) is 5.75 Å². The summed E-state index contributed by atoms with van der Waals surface area (Å²) in [5, 5.41) is 9.96. The van der Waals surface area contributed by atoms with Gasteiger partial charge in [-0.15, -0.1) is 23.2 Å². The maximum atomic E-state index is 14.2. The number of halogens is 2. The van der Waals surface area contributed by atoms with E-state index in [-0.39, 0.29) is 30.0 Å². The molecule has 2 aromatic carbocycles. The van der Waals surface area contributed by atoms with Crippen LogP contribution in [0.2, 0.25) is 0 Å². The van der Waals surface area contributed by atoms with Crippen molar-refractivity contribution >= 4 is 46.8 Å². The number of aromatic hydroxyl groups is 1. The number of hydrogen-bond acceptors (Lipinski definition) is 6. The molecule has 5 aliphatic rings. The largest absolute Gasteiger partial charge is 0.508 e. The van der Waals surface area contributed by atoms with Gasteiger partial charge in [0.05, 0.1) is 11.8 Å². The first-order chi connectivity index (χ1) is 20.6. The second kappa shape index (κ2) is 10.2. The molecule has 7 rings (SSSR count). The second-order valence-corrected chi connectivity index (χ2v) is 13.9. The van der Waals surface area contributed by atoms with Crippen LogP contribution in [0.4, 0.5) is 0 Å². The smallest absolute Gasteiger partial charge is 0.253 e. The lowest BCUT2D eigenvalue weighted by Gasteiger charge is -2.50. The molecule has 0 radical (unpaired) electrons. The van der Waals surface area contributed by atoms with Crippen LogP contribution in [0.15, 0.2) is 66.2 Å². The van der Waals surface area contributed by atoms with E-state index in [0.717, 1.165) is 30.1 Å². The minimum absolute atomic E-state index is 0.0169. The molecular weight excluding hydrogens is 589 g/mol. The zero-order chi connectivity index (χ0) is 30.3. The molecule has 8 nitrogen and oxygen atoms in total. The molecule has 0 spiro atoms. The quantitative estimate of drug-likeness (QED) is 0.314. The van der Waals surface area contributed by atoms with Gasteiger partial charge in [-0.3, -0.25) is 33.9 Å². The van der Waals surface area contributed by atoms with Crippen LogP contribution in [-0.2, 0) is 25.7 Å². The third-order valence-corrected chi connectivity index (χ3v) is 11.9. The summed E-state index contributed by atoms with van der Waals surface area (Å²) >= 11 is 14.4. The molecule has 1 saturated carbocycles. The number of alkyl halides is 2. The van der Waals surface area contributed by atoms with Gasteiger partial charge in [-0.05, 0) is 54.9 Å². The number of hydrogen-bond donors (Lipinski definition) is 1. The highest BCUT2D eigenvalue weighted by Gasteiger charge is 2.75. The average molecular weight is 623 g/mol. The summed E-state index contributed by atoms with van der Waals surface area (Å²) in [6, 6.07) is 16.4. The van der Waals surface area contributed by atoms with Gasteiger partial charge in [0.2, 0.25) is 11.8 Å². The number of amides is 4. The molecular formula is C33H33Cl2N3O5. The Kier molecular flexibility index (Phi) is 6.76. The number of carbonyl (C=O) groups is 4. The van der Waals surface area contributed by atoms with Gasteiger partial charge in [0, 0.05) is 38.6 Å². The van der Waals surface area contributed by atoms with Crippen molar-refractivity contribution in [2.24, 2.45) is 17.8 Å². The Morgan fingerprint density at radius 1 is 0.884 bits per heavy atom. The van der Waals surface area contributed by atoms with Crippen molar-refractivity contribution in [2.45, 2.75) is 53.9 Å². The Bertz CT molecular complexity index is 1540. The summed E-state index contributed by atoms with van der Waals surface area (Å²) in [7, 11) is 1.38. The van der Waals surface area contributed by atoms with Crippen molar-refractivity contribution in [3.05, 3.63) is 77.4 Å². The van der Waals surface area contributed by atoms with E-state index >= 15 is 0 Å². The van der Waals surface area contributed by atoms with Crippen molar-refractivity contribution in [2.75, 3.05) is 20.1 Å². The number of allylic oxidation sites excluding steroid dienone is 2. The van der Waals surface area contributed by atoms with Gasteiger partial charge in [-0.2, -0.15) is 0 Å². The first-order valence-corrected chi connectivity index (χ1v) is 15.6. The Morgan fingerprint density at radius 2 is 1.56 bits per heavy atom. The first kappa shape index (κ1) is 28.6. The molecule has 10 heteroatoms. The lowest BCUT2D eigenvalue weighted by Crippen LogP contribution is -2.60. The number of phenols is 1. The van der Waals surface area contributed by atoms with Crippen molar-refractivity contribution < 1.29 is 24.3 Å². The fourth-order valence-corrected chi connectivity index (χ4v) is 9.37. The van der Waals surface area contributed by atoms with E-state index in [2.05, 4.69) is 17.0 Å². The highest BCUT2D eigenvalue weighted by Crippen LogP contribution is 2.65. The number of rotatable bonds is 4. The minimum Gasteiger partial charge on any atom is -0.508 e. The molecule has 6 atom stereocenters. The lowest BCUT2D eigenvalue weighted by molar-refractivity contribution is -0.144. The lowest BCUT2D eigenvalue weighted by atomic mass is 9.56. The second-order valence-electron chi connectivity index (χ2n) is 12.6. The Morgan fingerprint density at radius 3 is 2.23 bits per heavy atom. The summed E-state index contributed by atoms with van der Waals surface area (Å²) < 4.78 is 0. The number of nitrogens with zero attached hydrogens (tertiary/aromatic N) is 3. The number of phenolic OH excluding ortho intramolecular Hbond substituents is 1. The number of carbonyl (C=O) groups excluding carboxylic acids is 4. The molecule has 0 bridgehead atoms. The molecule has 1 N–H and O–H groups in total. The summed E-state index contributed by atoms with van der Waals surface area (Å²) in [4.78, 5) is 56.5. The maximum absolute atomic E-state index is 14.2. The standard InChI is InChI=1S/C33H33Cl2N3O5/c1-36-30(42)32(34)17-25-23(27(33(32,35)31(36)43)20-7-9-22(39)10-8-20)11-12-24-26(25)29(41)38(28(24)40)21-13-15-37(16-14-21)18-19-5-3-2-4-6-19/h2-11,21,24-27,39H,12-18H2,1H3. The van der Waals surface area contributed by atoms with Crippen LogP contribution in [0, 0.1) is 17.8 Å². The summed E-state index contributed by atoms with van der Waals surface area (Å²) in [5.74, 6) is -4.10. The fraction of sp³-hybridized carbons (Fsp3) is 0.455. The molecule has 4 fully saturated rings. The maximum Gasteiger partial charge on any atom is 0.253 e. The van der Waals surface area contributed by atoms with Gasteiger partial charge in [0.15, 0.2) is 9.75 Å². The summed E-state index contributed by atoms with van der Waals surface area (Å²) in [6.45, 7) is 2.39. The highest BCUT2D eigenvalue weighted by molar-refractivity contribution is 6.53. The molecule has 43 heavy (non-hydrogen) atoms. The zero-order valence-electron chi connectivity index (χ0n) is 23.8. The SMILES string of the molecule is CN1C(=O)C2(Cl)CC3C(=CCC4C(=O)N(C5CCN(Cc6ccccc6)CC5)C(=O)C43)C(c3ccc(O)cc3)C2(Cl)C1=O. The van der Waals surface area contributed by atoms with Crippen LogP contribution in [0.3, 0.4) is 0 Å². The van der Waals surface area contributed by atoms with Crippen LogP contribution >= 0.6 is 23.2 Å². The Labute approximate surface area is 260 Å². The molecule has 4 amide bonds. The molecule has 2 aliphatic carbocycles. The number of imide groups is 2. The summed E-state index contributed by atoms with van der Waals surface area (Å²) in [5.41, 5.74) is 2.61. The molecule has 2 aromatic rings. The summed E-state index contributed by atoms with van der Waals surface area (Å²) in [6.07, 6.45) is 3.67. The number of likely N-dealkylation sites (tertiary alicyclic amines) is 3. The molecule has 6 unspecified atom stereocenters. The van der Waals surface area contributed by atoms with Crippen molar-refractivity contribution in [3.63, 3.8) is 0 Å². The topological polar surface area (TPSA) is 98.2 Å². The van der Waals surface area contributed by atoms with Gasteiger partial charge in [0.25, 0.3) is 11.8 Å². The van der Waals surface area contributed by atoms with Gasteiger partial charge in [-0.25, -0.2) is 0 Å². The minimum atomic E-state index is -1.82. The normalized spacial score (nSPS) is 34.7. The fourth-order valence-electron chi connectivity index (χ4n) is 8.35. The van der Waals surface area contributed by atoms with Crippen LogP contribution < -0.4 is 0 Å². The van der Waals surface area contributed by atoms with Crippen LogP contribution in [0.1, 0.15) is 42.7 Å². The van der Waals surface area contributed by atoms with Gasteiger partial charge < -0.3 is 5.11 Å².